The molecule has 1 amide bonds. The molecular formula is C27H37N3O3. The number of ether oxygens (including phenoxy) is 2. The second kappa shape index (κ2) is 12.1. The monoisotopic (exact) mass is 451 g/mol. The first-order chi connectivity index (χ1) is 15.6. The number of amides is 1. The molecule has 0 fully saturated rings. The molecule has 0 aliphatic heterocycles. The highest BCUT2D eigenvalue weighted by Crippen LogP contribution is 2.33. The summed E-state index contributed by atoms with van der Waals surface area (Å²) in [7, 11) is 2.08. The summed E-state index contributed by atoms with van der Waals surface area (Å²) in [6, 6.07) is 16.4. The molecule has 6 heteroatoms. The molecule has 2 aromatic rings. The van der Waals surface area contributed by atoms with Crippen molar-refractivity contribution in [3.63, 3.8) is 0 Å². The van der Waals surface area contributed by atoms with Crippen molar-refractivity contribution < 1.29 is 14.3 Å². The van der Waals surface area contributed by atoms with Crippen molar-refractivity contribution in [1.82, 2.24) is 5.32 Å². The minimum Gasteiger partial charge on any atom is -0.492 e. The Kier molecular flexibility index (Phi) is 9.52. The molecular weight excluding hydrogens is 414 g/mol. The SMILES string of the molecule is C/C(C=N)=C\C(C)c1cc(OCCNC(=O)OC(C)(C)C)ccc1N(C)Cc1ccccc1. The van der Waals surface area contributed by atoms with Crippen molar-refractivity contribution in [3.05, 3.63) is 71.3 Å². The van der Waals surface area contributed by atoms with E-state index < -0.39 is 11.7 Å². The highest BCUT2D eigenvalue weighted by molar-refractivity contribution is 5.75. The van der Waals surface area contributed by atoms with Gasteiger partial charge in [0.25, 0.3) is 0 Å². The quantitative estimate of drug-likeness (QED) is 0.347. The van der Waals surface area contributed by atoms with Crippen LogP contribution in [-0.4, -0.2) is 38.1 Å². The molecule has 1 unspecified atom stereocenters. The molecule has 0 radical (unpaired) electrons. The number of benzene rings is 2. The summed E-state index contributed by atoms with van der Waals surface area (Å²) in [6.45, 7) is 11.0. The lowest BCUT2D eigenvalue weighted by Gasteiger charge is -2.25. The molecule has 0 spiro atoms. The van der Waals surface area contributed by atoms with Crippen LogP contribution in [0, 0.1) is 5.41 Å². The molecule has 0 saturated heterocycles. The van der Waals surface area contributed by atoms with Crippen LogP contribution in [0.15, 0.2) is 60.2 Å². The van der Waals surface area contributed by atoms with E-state index in [9.17, 15) is 4.79 Å². The molecule has 0 aliphatic carbocycles. The summed E-state index contributed by atoms with van der Waals surface area (Å²) in [5.74, 6) is 0.837. The van der Waals surface area contributed by atoms with E-state index in [1.54, 1.807) is 0 Å². The molecule has 2 rings (SSSR count). The summed E-state index contributed by atoms with van der Waals surface area (Å²) >= 11 is 0. The summed E-state index contributed by atoms with van der Waals surface area (Å²) in [4.78, 5) is 14.0. The van der Waals surface area contributed by atoms with E-state index in [1.807, 2.05) is 58.0 Å². The number of carbonyl (C=O) groups excluding carboxylic acids is 1. The zero-order chi connectivity index (χ0) is 24.4. The van der Waals surface area contributed by atoms with Crippen molar-refractivity contribution >= 4 is 18.0 Å². The number of hydrogen-bond acceptors (Lipinski definition) is 5. The van der Waals surface area contributed by atoms with Gasteiger partial charge in [-0.3, -0.25) is 0 Å². The number of nitrogens with zero attached hydrogens (tertiary/aromatic N) is 1. The Morgan fingerprint density at radius 3 is 2.52 bits per heavy atom. The zero-order valence-corrected chi connectivity index (χ0v) is 20.6. The van der Waals surface area contributed by atoms with Gasteiger partial charge in [0.2, 0.25) is 0 Å². The Balaban J connectivity index is 2.13. The molecule has 178 valence electrons. The normalized spacial score (nSPS) is 12.6. The predicted octanol–water partition coefficient (Wildman–Crippen LogP) is 5.93. The van der Waals surface area contributed by atoms with Gasteiger partial charge in [-0.15, -0.1) is 0 Å². The number of alkyl carbamates (subject to hydrolysis) is 1. The summed E-state index contributed by atoms with van der Waals surface area (Å²) in [5.41, 5.74) is 3.84. The molecule has 2 N–H and O–H groups in total. The first-order valence-corrected chi connectivity index (χ1v) is 11.3. The van der Waals surface area contributed by atoms with Crippen LogP contribution in [0.2, 0.25) is 0 Å². The van der Waals surface area contributed by atoms with Crippen LogP contribution < -0.4 is 15.0 Å². The Morgan fingerprint density at radius 1 is 1.18 bits per heavy atom. The Hall–Kier alpha value is -3.28. The van der Waals surface area contributed by atoms with Crippen LogP contribution in [0.3, 0.4) is 0 Å². The Morgan fingerprint density at radius 2 is 1.88 bits per heavy atom. The number of anilines is 1. The van der Waals surface area contributed by atoms with E-state index >= 15 is 0 Å². The lowest BCUT2D eigenvalue weighted by atomic mass is 9.96. The van der Waals surface area contributed by atoms with Crippen LogP contribution in [0.5, 0.6) is 5.75 Å². The van der Waals surface area contributed by atoms with Gasteiger partial charge in [0.1, 0.15) is 18.0 Å². The van der Waals surface area contributed by atoms with Gasteiger partial charge < -0.3 is 25.1 Å². The Bertz CT molecular complexity index is 949. The number of rotatable bonds is 10. The van der Waals surface area contributed by atoms with Gasteiger partial charge in [-0.25, -0.2) is 4.79 Å². The lowest BCUT2D eigenvalue weighted by Crippen LogP contribution is -2.34. The van der Waals surface area contributed by atoms with E-state index in [0.717, 1.165) is 29.1 Å². The Labute approximate surface area is 198 Å². The second-order valence-corrected chi connectivity index (χ2v) is 9.18. The largest absolute Gasteiger partial charge is 0.492 e. The highest BCUT2D eigenvalue weighted by Gasteiger charge is 2.16. The fraction of sp³-hybridized carbons (Fsp3) is 0.407. The minimum absolute atomic E-state index is 0.100. The first-order valence-electron chi connectivity index (χ1n) is 11.3. The third kappa shape index (κ3) is 9.00. The average Bonchev–Trinajstić information content (AvgIpc) is 2.76. The van der Waals surface area contributed by atoms with Crippen molar-refractivity contribution in [2.24, 2.45) is 0 Å². The smallest absolute Gasteiger partial charge is 0.407 e. The third-order valence-corrected chi connectivity index (χ3v) is 4.94. The van der Waals surface area contributed by atoms with Gasteiger partial charge in [-0.2, -0.15) is 0 Å². The van der Waals surface area contributed by atoms with Gasteiger partial charge in [-0.05, 0) is 62.6 Å². The number of hydrogen-bond donors (Lipinski definition) is 2. The van der Waals surface area contributed by atoms with Crippen LogP contribution in [0.4, 0.5) is 10.5 Å². The summed E-state index contributed by atoms with van der Waals surface area (Å²) in [6.07, 6.45) is 2.99. The number of carbonyl (C=O) groups is 1. The zero-order valence-electron chi connectivity index (χ0n) is 20.6. The van der Waals surface area contributed by atoms with Crippen LogP contribution in [0.1, 0.15) is 51.7 Å². The van der Waals surface area contributed by atoms with Crippen molar-refractivity contribution in [1.29, 1.82) is 5.41 Å². The molecule has 0 aromatic heterocycles. The first kappa shape index (κ1) is 26.0. The van der Waals surface area contributed by atoms with Crippen LogP contribution in [0.25, 0.3) is 0 Å². The molecule has 1 atom stereocenters. The van der Waals surface area contributed by atoms with Gasteiger partial charge in [0.05, 0.1) is 6.54 Å². The molecule has 2 aromatic carbocycles. The second-order valence-electron chi connectivity index (χ2n) is 9.18. The van der Waals surface area contributed by atoms with E-state index in [4.69, 9.17) is 14.9 Å². The minimum atomic E-state index is -0.528. The fourth-order valence-electron chi connectivity index (χ4n) is 3.45. The summed E-state index contributed by atoms with van der Waals surface area (Å²) in [5, 5.41) is 10.2. The van der Waals surface area contributed by atoms with E-state index in [1.165, 1.54) is 11.8 Å². The topological polar surface area (TPSA) is 74.6 Å². The van der Waals surface area contributed by atoms with Crippen molar-refractivity contribution in [2.75, 3.05) is 25.1 Å². The van der Waals surface area contributed by atoms with Crippen LogP contribution in [-0.2, 0) is 11.3 Å². The molecule has 0 heterocycles. The average molecular weight is 452 g/mol. The fourth-order valence-corrected chi connectivity index (χ4v) is 3.45. The maximum absolute atomic E-state index is 11.8. The van der Waals surface area contributed by atoms with Crippen molar-refractivity contribution in [3.8, 4) is 5.75 Å². The molecule has 0 aliphatic rings. The van der Waals surface area contributed by atoms with E-state index in [-0.39, 0.29) is 5.92 Å². The highest BCUT2D eigenvalue weighted by atomic mass is 16.6. The van der Waals surface area contributed by atoms with Gasteiger partial charge >= 0.3 is 6.09 Å². The molecule has 6 nitrogen and oxygen atoms in total. The standard InChI is InChI=1S/C27H37N3O3/c1-20(18-28)16-21(2)24-17-23(32-15-14-29-26(31)33-27(3,4)5)12-13-25(24)30(6)19-22-10-8-7-9-11-22/h7-13,16-18,21,28H,14-15,19H2,1-6H3,(H,29,31)/b20-16+,28-18?. The molecule has 0 bridgehead atoms. The maximum Gasteiger partial charge on any atom is 0.407 e. The van der Waals surface area contributed by atoms with Gasteiger partial charge in [-0.1, -0.05) is 43.3 Å². The number of nitrogens with one attached hydrogen (secondary N) is 2. The van der Waals surface area contributed by atoms with E-state index in [2.05, 4.69) is 48.5 Å². The summed E-state index contributed by atoms with van der Waals surface area (Å²) < 4.78 is 11.2. The van der Waals surface area contributed by atoms with Crippen molar-refractivity contribution in [2.45, 2.75) is 52.7 Å². The third-order valence-electron chi connectivity index (χ3n) is 4.94. The number of allylic oxidation sites excluding steroid dienone is 2. The molecule has 0 saturated carbocycles. The van der Waals surface area contributed by atoms with Gasteiger partial charge in [0.15, 0.2) is 0 Å². The van der Waals surface area contributed by atoms with E-state index in [0.29, 0.717) is 13.2 Å². The lowest BCUT2D eigenvalue weighted by molar-refractivity contribution is 0.0520. The maximum atomic E-state index is 11.8. The van der Waals surface area contributed by atoms with Crippen LogP contribution >= 0.6 is 0 Å². The predicted molar refractivity (Wildman–Crippen MR) is 136 cm³/mol. The molecule has 33 heavy (non-hydrogen) atoms. The van der Waals surface area contributed by atoms with Gasteiger partial charge in [0, 0.05) is 31.4 Å².